The fourth-order valence-electron chi connectivity index (χ4n) is 1.82. The maximum atomic E-state index is 9.47. The predicted molar refractivity (Wildman–Crippen MR) is 76.0 cm³/mol. The van der Waals surface area contributed by atoms with Crippen LogP contribution in [0.4, 0.5) is 5.69 Å². The molecule has 0 bridgehead atoms. The Labute approximate surface area is 112 Å². The third kappa shape index (κ3) is 3.09. The van der Waals surface area contributed by atoms with Crippen molar-refractivity contribution in [3.8, 4) is 0 Å². The van der Waals surface area contributed by atoms with Gasteiger partial charge in [0.1, 0.15) is 0 Å². The zero-order chi connectivity index (χ0) is 13.1. The number of anilines is 1. The number of aromatic nitrogens is 1. The van der Waals surface area contributed by atoms with Crippen LogP contribution in [0.25, 0.3) is 0 Å². The second-order valence-corrected chi connectivity index (χ2v) is 5.54. The van der Waals surface area contributed by atoms with Gasteiger partial charge in [0.2, 0.25) is 0 Å². The van der Waals surface area contributed by atoms with Crippen LogP contribution in [0, 0.1) is 6.92 Å². The Morgan fingerprint density at radius 2 is 2.00 bits per heavy atom. The van der Waals surface area contributed by atoms with Crippen LogP contribution >= 0.6 is 11.3 Å². The normalized spacial score (nSPS) is 12.4. The van der Waals surface area contributed by atoms with E-state index in [-0.39, 0.29) is 0 Å². The fourth-order valence-corrected chi connectivity index (χ4v) is 2.43. The molecular weight excluding hydrogens is 244 g/mol. The predicted octanol–water partition coefficient (Wildman–Crippen LogP) is 3.14. The summed E-state index contributed by atoms with van der Waals surface area (Å²) in [6, 6.07) is 7.98. The Kier molecular flexibility index (Phi) is 3.99. The second kappa shape index (κ2) is 5.50. The molecule has 1 heterocycles. The summed E-state index contributed by atoms with van der Waals surface area (Å²) in [5.41, 5.74) is 3.17. The molecule has 0 aliphatic carbocycles. The lowest BCUT2D eigenvalue weighted by atomic mass is 10.1. The standard InChI is InChI=1S/C14H18N2OS/c1-10(17)12-4-6-14(7-5-12)16(3)8-13-9-18-11(2)15-13/h4-7,9-10,17H,8H2,1-3H3. The van der Waals surface area contributed by atoms with Crippen LogP contribution in [0.15, 0.2) is 29.6 Å². The second-order valence-electron chi connectivity index (χ2n) is 4.48. The zero-order valence-corrected chi connectivity index (χ0v) is 11.7. The molecule has 1 aromatic heterocycles. The third-order valence-corrected chi connectivity index (χ3v) is 3.70. The van der Waals surface area contributed by atoms with Crippen LogP contribution in [-0.4, -0.2) is 17.1 Å². The smallest absolute Gasteiger partial charge is 0.0898 e. The Bertz CT molecular complexity index is 505. The molecule has 3 nitrogen and oxygen atoms in total. The highest BCUT2D eigenvalue weighted by Crippen LogP contribution is 2.20. The molecule has 0 saturated heterocycles. The quantitative estimate of drug-likeness (QED) is 0.919. The maximum Gasteiger partial charge on any atom is 0.0898 e. The summed E-state index contributed by atoms with van der Waals surface area (Å²) < 4.78 is 0. The molecule has 0 saturated carbocycles. The minimum atomic E-state index is -0.412. The summed E-state index contributed by atoms with van der Waals surface area (Å²) in [5.74, 6) is 0. The summed E-state index contributed by atoms with van der Waals surface area (Å²) in [6.07, 6.45) is -0.412. The zero-order valence-electron chi connectivity index (χ0n) is 10.9. The monoisotopic (exact) mass is 262 g/mol. The Balaban J connectivity index is 2.06. The van der Waals surface area contributed by atoms with Gasteiger partial charge >= 0.3 is 0 Å². The van der Waals surface area contributed by atoms with E-state index in [1.54, 1.807) is 18.3 Å². The van der Waals surface area contributed by atoms with Crippen molar-refractivity contribution in [3.63, 3.8) is 0 Å². The molecule has 0 amide bonds. The third-order valence-electron chi connectivity index (χ3n) is 2.88. The maximum absolute atomic E-state index is 9.47. The molecule has 1 atom stereocenters. The Morgan fingerprint density at radius 1 is 1.33 bits per heavy atom. The molecule has 18 heavy (non-hydrogen) atoms. The van der Waals surface area contributed by atoms with Gasteiger partial charge < -0.3 is 10.0 Å². The van der Waals surface area contributed by atoms with Crippen LogP contribution < -0.4 is 4.90 Å². The lowest BCUT2D eigenvalue weighted by Gasteiger charge is -2.18. The van der Waals surface area contributed by atoms with Gasteiger partial charge in [0.15, 0.2) is 0 Å². The molecule has 1 N–H and O–H groups in total. The molecule has 0 aliphatic heterocycles. The molecule has 2 aromatic rings. The Morgan fingerprint density at radius 3 is 2.50 bits per heavy atom. The Hall–Kier alpha value is -1.39. The highest BCUT2D eigenvalue weighted by molar-refractivity contribution is 7.09. The first-order chi connectivity index (χ1) is 8.56. The van der Waals surface area contributed by atoms with Gasteiger partial charge in [-0.3, -0.25) is 0 Å². The molecule has 0 radical (unpaired) electrons. The van der Waals surface area contributed by atoms with E-state index in [0.717, 1.165) is 28.5 Å². The number of hydrogen-bond donors (Lipinski definition) is 1. The molecule has 0 spiro atoms. The van der Waals surface area contributed by atoms with Gasteiger partial charge in [-0.2, -0.15) is 0 Å². The van der Waals surface area contributed by atoms with Crippen LogP contribution in [-0.2, 0) is 6.54 Å². The van der Waals surface area contributed by atoms with Crippen molar-refractivity contribution in [2.24, 2.45) is 0 Å². The number of aliphatic hydroxyl groups excluding tert-OH is 1. The summed E-state index contributed by atoms with van der Waals surface area (Å²) in [7, 11) is 2.05. The van der Waals surface area contributed by atoms with E-state index in [1.807, 2.05) is 38.2 Å². The van der Waals surface area contributed by atoms with Crippen LogP contribution in [0.3, 0.4) is 0 Å². The van der Waals surface area contributed by atoms with Crippen molar-refractivity contribution in [2.75, 3.05) is 11.9 Å². The first-order valence-electron chi connectivity index (χ1n) is 5.96. The lowest BCUT2D eigenvalue weighted by Crippen LogP contribution is -2.16. The topological polar surface area (TPSA) is 36.4 Å². The van der Waals surface area contributed by atoms with Gasteiger partial charge in [0, 0.05) is 18.1 Å². The largest absolute Gasteiger partial charge is 0.389 e. The minimum absolute atomic E-state index is 0.412. The van der Waals surface area contributed by atoms with Gasteiger partial charge in [-0.15, -0.1) is 11.3 Å². The number of nitrogens with zero attached hydrogens (tertiary/aromatic N) is 2. The van der Waals surface area contributed by atoms with E-state index < -0.39 is 6.10 Å². The van der Waals surface area contributed by atoms with Crippen molar-refractivity contribution in [3.05, 3.63) is 45.9 Å². The molecule has 0 aliphatic rings. The van der Waals surface area contributed by atoms with Gasteiger partial charge in [0.05, 0.1) is 23.4 Å². The van der Waals surface area contributed by atoms with Gasteiger partial charge in [-0.05, 0) is 31.5 Å². The number of rotatable bonds is 4. The number of benzene rings is 1. The number of aliphatic hydroxyl groups is 1. The fraction of sp³-hybridized carbons (Fsp3) is 0.357. The average molecular weight is 262 g/mol. The minimum Gasteiger partial charge on any atom is -0.389 e. The van der Waals surface area contributed by atoms with Crippen molar-refractivity contribution < 1.29 is 5.11 Å². The van der Waals surface area contributed by atoms with E-state index in [9.17, 15) is 5.11 Å². The van der Waals surface area contributed by atoms with Gasteiger partial charge in [-0.25, -0.2) is 4.98 Å². The number of hydrogen-bond acceptors (Lipinski definition) is 4. The molecule has 2 rings (SSSR count). The molecule has 4 heteroatoms. The summed E-state index contributed by atoms with van der Waals surface area (Å²) in [6.45, 7) is 4.60. The SMILES string of the molecule is Cc1nc(CN(C)c2ccc(C(C)O)cc2)cs1. The summed E-state index contributed by atoms with van der Waals surface area (Å²) >= 11 is 1.68. The summed E-state index contributed by atoms with van der Waals surface area (Å²) in [5, 5.41) is 12.7. The highest BCUT2D eigenvalue weighted by Gasteiger charge is 2.06. The van der Waals surface area contributed by atoms with Gasteiger partial charge in [0.25, 0.3) is 0 Å². The van der Waals surface area contributed by atoms with Crippen LogP contribution in [0.2, 0.25) is 0 Å². The van der Waals surface area contributed by atoms with E-state index in [2.05, 4.69) is 15.3 Å². The molecule has 1 unspecified atom stereocenters. The van der Waals surface area contributed by atoms with E-state index in [4.69, 9.17) is 0 Å². The average Bonchev–Trinajstić information content (AvgIpc) is 2.75. The van der Waals surface area contributed by atoms with Crippen molar-refractivity contribution in [1.29, 1.82) is 0 Å². The van der Waals surface area contributed by atoms with Crippen molar-refractivity contribution in [1.82, 2.24) is 4.98 Å². The highest BCUT2D eigenvalue weighted by atomic mass is 32.1. The molecular formula is C14H18N2OS. The van der Waals surface area contributed by atoms with Gasteiger partial charge in [-0.1, -0.05) is 12.1 Å². The van der Waals surface area contributed by atoms with E-state index in [1.165, 1.54) is 0 Å². The first kappa shape index (κ1) is 13.1. The first-order valence-corrected chi connectivity index (χ1v) is 6.84. The lowest BCUT2D eigenvalue weighted by molar-refractivity contribution is 0.199. The van der Waals surface area contributed by atoms with Crippen LogP contribution in [0.1, 0.15) is 29.3 Å². The van der Waals surface area contributed by atoms with Crippen molar-refractivity contribution in [2.45, 2.75) is 26.5 Å². The van der Waals surface area contributed by atoms with Crippen molar-refractivity contribution >= 4 is 17.0 Å². The molecule has 0 fully saturated rings. The van der Waals surface area contributed by atoms with E-state index in [0.29, 0.717) is 0 Å². The number of thiazole rings is 1. The van der Waals surface area contributed by atoms with Crippen LogP contribution in [0.5, 0.6) is 0 Å². The molecule has 1 aromatic carbocycles. The molecule has 96 valence electrons. The number of aryl methyl sites for hydroxylation is 1. The van der Waals surface area contributed by atoms with E-state index >= 15 is 0 Å². The summed E-state index contributed by atoms with van der Waals surface area (Å²) in [4.78, 5) is 6.61.